The number of rotatable bonds is 1. The molecule has 0 saturated carbocycles. The Hall–Kier alpha value is -1.58. The third kappa shape index (κ3) is 1.67. The third-order valence-corrected chi connectivity index (χ3v) is 3.60. The first kappa shape index (κ1) is 11.5. The van der Waals surface area contributed by atoms with Crippen molar-refractivity contribution in [1.29, 1.82) is 0 Å². The zero-order valence-electron chi connectivity index (χ0n) is 9.56. The summed E-state index contributed by atoms with van der Waals surface area (Å²) in [5.41, 5.74) is 2.04. The molecule has 3 aromatic rings. The van der Waals surface area contributed by atoms with Crippen LogP contribution in [-0.4, -0.2) is 14.5 Å². The highest BCUT2D eigenvalue weighted by Gasteiger charge is 2.16. The van der Waals surface area contributed by atoms with Crippen LogP contribution in [0.15, 0.2) is 36.7 Å². The van der Waals surface area contributed by atoms with E-state index in [1.165, 1.54) is 0 Å². The van der Waals surface area contributed by atoms with E-state index in [0.717, 1.165) is 16.5 Å². The minimum Gasteiger partial charge on any atom is -0.267 e. The minimum absolute atomic E-state index is 0.434. The summed E-state index contributed by atoms with van der Waals surface area (Å²) < 4.78 is 1.75. The molecule has 0 aliphatic carbocycles. The van der Waals surface area contributed by atoms with Crippen LogP contribution in [0.1, 0.15) is 5.56 Å². The van der Waals surface area contributed by atoms with Crippen molar-refractivity contribution in [3.8, 4) is 5.95 Å². The monoisotopic (exact) mass is 277 g/mol. The fraction of sp³-hybridized carbons (Fsp3) is 0.0769. The van der Waals surface area contributed by atoms with Gasteiger partial charge in [0, 0.05) is 17.8 Å². The van der Waals surface area contributed by atoms with Crippen LogP contribution < -0.4 is 0 Å². The summed E-state index contributed by atoms with van der Waals surface area (Å²) in [5.74, 6) is 0.517. The van der Waals surface area contributed by atoms with E-state index < -0.39 is 0 Å². The first-order valence-corrected chi connectivity index (χ1v) is 6.17. The Morgan fingerprint density at radius 1 is 1.11 bits per heavy atom. The Labute approximate surface area is 114 Å². The number of aryl methyl sites for hydroxylation is 1. The second-order valence-electron chi connectivity index (χ2n) is 4.01. The van der Waals surface area contributed by atoms with Gasteiger partial charge in [0.1, 0.15) is 5.15 Å². The van der Waals surface area contributed by atoms with Gasteiger partial charge < -0.3 is 0 Å². The highest BCUT2D eigenvalue weighted by molar-refractivity contribution is 6.45. The van der Waals surface area contributed by atoms with Crippen LogP contribution >= 0.6 is 23.2 Å². The molecule has 0 amide bonds. The molecule has 0 fully saturated rings. The van der Waals surface area contributed by atoms with Gasteiger partial charge in [0.05, 0.1) is 10.5 Å². The van der Waals surface area contributed by atoms with E-state index in [4.69, 9.17) is 23.2 Å². The summed E-state index contributed by atoms with van der Waals surface area (Å²) >= 11 is 12.5. The summed E-state index contributed by atoms with van der Waals surface area (Å²) in [6.07, 6.45) is 3.35. The maximum atomic E-state index is 6.27. The third-order valence-electron chi connectivity index (χ3n) is 2.76. The van der Waals surface area contributed by atoms with E-state index in [0.29, 0.717) is 16.1 Å². The van der Waals surface area contributed by atoms with Crippen molar-refractivity contribution in [2.24, 2.45) is 0 Å². The van der Waals surface area contributed by atoms with E-state index in [1.54, 1.807) is 23.0 Å². The van der Waals surface area contributed by atoms with Crippen molar-refractivity contribution in [3.05, 3.63) is 52.4 Å². The van der Waals surface area contributed by atoms with Crippen LogP contribution in [-0.2, 0) is 0 Å². The van der Waals surface area contributed by atoms with Crippen molar-refractivity contribution < 1.29 is 0 Å². The van der Waals surface area contributed by atoms with Gasteiger partial charge in [0.25, 0.3) is 0 Å². The van der Waals surface area contributed by atoms with Gasteiger partial charge in [-0.1, -0.05) is 34.8 Å². The van der Waals surface area contributed by atoms with E-state index in [9.17, 15) is 0 Å². The summed E-state index contributed by atoms with van der Waals surface area (Å²) in [7, 11) is 0. The molecule has 0 radical (unpaired) electrons. The molecule has 5 heteroatoms. The SMILES string of the molecule is Cc1ccc2c(c1)c(Cl)c(Cl)n2-c1ncccn1. The molecule has 0 bridgehead atoms. The lowest BCUT2D eigenvalue weighted by atomic mass is 10.2. The molecule has 3 rings (SSSR count). The van der Waals surface area contributed by atoms with Gasteiger partial charge in [-0.15, -0.1) is 0 Å². The average Bonchev–Trinajstić information content (AvgIpc) is 2.64. The van der Waals surface area contributed by atoms with Crippen LogP contribution in [0.25, 0.3) is 16.9 Å². The Bertz CT molecular complexity index is 720. The first-order valence-electron chi connectivity index (χ1n) is 5.42. The van der Waals surface area contributed by atoms with E-state index in [1.807, 2.05) is 25.1 Å². The van der Waals surface area contributed by atoms with Gasteiger partial charge >= 0.3 is 0 Å². The summed E-state index contributed by atoms with van der Waals surface area (Å²) in [6.45, 7) is 2.01. The Balaban J connectivity index is 2.40. The number of benzene rings is 1. The quantitative estimate of drug-likeness (QED) is 0.672. The maximum Gasteiger partial charge on any atom is 0.235 e. The van der Waals surface area contributed by atoms with E-state index >= 15 is 0 Å². The number of aromatic nitrogens is 3. The molecule has 2 aromatic heterocycles. The predicted octanol–water partition coefficient (Wildman–Crippen LogP) is 4.04. The van der Waals surface area contributed by atoms with Crippen molar-refractivity contribution in [2.45, 2.75) is 6.92 Å². The van der Waals surface area contributed by atoms with E-state index in [2.05, 4.69) is 9.97 Å². The molecular weight excluding hydrogens is 269 g/mol. The molecule has 0 aliphatic rings. The normalized spacial score (nSPS) is 11.1. The molecule has 1 aromatic carbocycles. The van der Waals surface area contributed by atoms with Gasteiger partial charge in [-0.25, -0.2) is 9.97 Å². The molecular formula is C13H9Cl2N3. The maximum absolute atomic E-state index is 6.27. The first-order chi connectivity index (χ1) is 8.68. The summed E-state index contributed by atoms with van der Waals surface area (Å²) in [5, 5.41) is 1.88. The Morgan fingerprint density at radius 3 is 2.56 bits per heavy atom. The van der Waals surface area contributed by atoms with Gasteiger partial charge in [-0.2, -0.15) is 0 Å². The molecule has 0 N–H and O–H groups in total. The zero-order chi connectivity index (χ0) is 12.7. The van der Waals surface area contributed by atoms with Crippen LogP contribution in [0.4, 0.5) is 0 Å². The minimum atomic E-state index is 0.434. The lowest BCUT2D eigenvalue weighted by Gasteiger charge is -2.04. The second kappa shape index (κ2) is 4.26. The largest absolute Gasteiger partial charge is 0.267 e. The van der Waals surface area contributed by atoms with Crippen molar-refractivity contribution in [3.63, 3.8) is 0 Å². The number of hydrogen-bond acceptors (Lipinski definition) is 2. The molecule has 0 saturated heterocycles. The lowest BCUT2D eigenvalue weighted by Crippen LogP contribution is -1.99. The summed E-state index contributed by atoms with van der Waals surface area (Å²) in [4.78, 5) is 8.41. The van der Waals surface area contributed by atoms with Crippen LogP contribution in [0.2, 0.25) is 10.2 Å². The van der Waals surface area contributed by atoms with Crippen LogP contribution in [0.3, 0.4) is 0 Å². The molecule has 0 spiro atoms. The smallest absolute Gasteiger partial charge is 0.235 e. The van der Waals surface area contributed by atoms with Crippen molar-refractivity contribution in [2.75, 3.05) is 0 Å². The van der Waals surface area contributed by atoms with Crippen LogP contribution in [0, 0.1) is 6.92 Å². The van der Waals surface area contributed by atoms with Gasteiger partial charge in [-0.3, -0.25) is 4.57 Å². The standard InChI is InChI=1S/C13H9Cl2N3/c1-8-3-4-10-9(7-8)11(14)12(15)18(10)13-16-5-2-6-17-13/h2-7H,1H3. The fourth-order valence-electron chi connectivity index (χ4n) is 1.94. The van der Waals surface area contributed by atoms with Gasteiger partial charge in [0.2, 0.25) is 5.95 Å². The van der Waals surface area contributed by atoms with E-state index in [-0.39, 0.29) is 0 Å². The number of hydrogen-bond donors (Lipinski definition) is 0. The highest BCUT2D eigenvalue weighted by atomic mass is 35.5. The summed E-state index contributed by atoms with van der Waals surface area (Å²) in [6, 6.07) is 7.74. The molecule has 0 unspecified atom stereocenters. The zero-order valence-corrected chi connectivity index (χ0v) is 11.1. The number of nitrogens with zero attached hydrogens (tertiary/aromatic N) is 3. The fourth-order valence-corrected chi connectivity index (χ4v) is 2.44. The highest BCUT2D eigenvalue weighted by Crippen LogP contribution is 2.36. The lowest BCUT2D eigenvalue weighted by molar-refractivity contribution is 0.962. The second-order valence-corrected chi connectivity index (χ2v) is 4.75. The molecule has 0 atom stereocenters. The molecule has 3 nitrogen and oxygen atoms in total. The molecule has 2 heterocycles. The Kier molecular flexibility index (Phi) is 2.73. The molecule has 0 aliphatic heterocycles. The average molecular weight is 278 g/mol. The Morgan fingerprint density at radius 2 is 1.83 bits per heavy atom. The topological polar surface area (TPSA) is 30.7 Å². The predicted molar refractivity (Wildman–Crippen MR) is 73.6 cm³/mol. The van der Waals surface area contributed by atoms with Gasteiger partial charge in [-0.05, 0) is 25.1 Å². The number of fused-ring (bicyclic) bond motifs is 1. The van der Waals surface area contributed by atoms with Crippen LogP contribution in [0.5, 0.6) is 0 Å². The molecule has 90 valence electrons. The molecule has 18 heavy (non-hydrogen) atoms. The van der Waals surface area contributed by atoms with Crippen molar-refractivity contribution >= 4 is 34.1 Å². The van der Waals surface area contributed by atoms with Crippen molar-refractivity contribution in [1.82, 2.24) is 14.5 Å². The number of halogens is 2. The van der Waals surface area contributed by atoms with Gasteiger partial charge in [0.15, 0.2) is 0 Å².